The van der Waals surface area contributed by atoms with Gasteiger partial charge in [-0.2, -0.15) is 0 Å². The third-order valence-corrected chi connectivity index (χ3v) is 5.04. The average Bonchev–Trinajstić information content (AvgIpc) is 3.26. The van der Waals surface area contributed by atoms with Crippen LogP contribution >= 0.6 is 22.7 Å². The molecule has 23 heavy (non-hydrogen) atoms. The highest BCUT2D eigenvalue weighted by atomic mass is 32.1. The number of thiophene rings is 2. The van der Waals surface area contributed by atoms with Crippen LogP contribution in [0.2, 0.25) is 0 Å². The lowest BCUT2D eigenvalue weighted by molar-refractivity contribution is -0.305. The Balaban J connectivity index is 1.92. The van der Waals surface area contributed by atoms with Gasteiger partial charge in [0, 0.05) is 11.7 Å². The zero-order chi connectivity index (χ0) is 16.2. The molecule has 3 aromatic rings. The Morgan fingerprint density at radius 2 is 1.87 bits per heavy atom. The molecule has 0 fully saturated rings. The first-order valence-electron chi connectivity index (χ1n) is 6.94. The maximum Gasteiger partial charge on any atom is 0.280 e. The normalized spacial score (nSPS) is 10.6. The third kappa shape index (κ3) is 3.52. The minimum absolute atomic E-state index is 0.0945. The average molecular weight is 345 g/mol. The molecule has 0 bridgehead atoms. The molecular weight excluding hydrogens is 332 g/mol. The Morgan fingerprint density at radius 3 is 2.52 bits per heavy atom. The van der Waals surface area contributed by atoms with Crippen molar-refractivity contribution in [3.05, 3.63) is 57.7 Å². The molecule has 1 amide bonds. The summed E-state index contributed by atoms with van der Waals surface area (Å²) in [6.07, 6.45) is 0.196. The van der Waals surface area contributed by atoms with Crippen molar-refractivity contribution < 1.29 is 14.7 Å². The topological polar surface area (TPSA) is 74.2 Å². The number of amides is 1. The Kier molecular flexibility index (Phi) is 4.59. The minimum Gasteiger partial charge on any atom is -0.550 e. The van der Waals surface area contributed by atoms with E-state index in [0.29, 0.717) is 11.3 Å². The quantitative estimate of drug-likeness (QED) is 0.745. The van der Waals surface area contributed by atoms with Crippen molar-refractivity contribution in [2.24, 2.45) is 0 Å². The van der Waals surface area contributed by atoms with Crippen LogP contribution in [0.1, 0.15) is 21.8 Å². The number of carbonyl (C=O) groups is 2. The summed E-state index contributed by atoms with van der Waals surface area (Å²) in [7, 11) is 0. The third-order valence-electron chi connectivity index (χ3n) is 3.28. The molecule has 3 aromatic heterocycles. The highest BCUT2D eigenvalue weighted by molar-refractivity contribution is 7.13. The van der Waals surface area contributed by atoms with Gasteiger partial charge in [-0.3, -0.25) is 14.9 Å². The fourth-order valence-corrected chi connectivity index (χ4v) is 3.57. The highest BCUT2D eigenvalue weighted by Crippen LogP contribution is 2.27. The number of nitrogens with one attached hydrogen (secondary N) is 1. The second-order valence-electron chi connectivity index (χ2n) is 4.81. The molecule has 7 heteroatoms. The second kappa shape index (κ2) is 6.80. The number of rotatable bonds is 6. The summed E-state index contributed by atoms with van der Waals surface area (Å²) in [6.45, 7) is 0. The summed E-state index contributed by atoms with van der Waals surface area (Å²) in [5.74, 6) is -1.33. The molecule has 3 rings (SSSR count). The lowest BCUT2D eigenvalue weighted by Gasteiger charge is -2.14. The molecule has 3 heterocycles. The zero-order valence-corrected chi connectivity index (χ0v) is 13.7. The van der Waals surface area contributed by atoms with Crippen molar-refractivity contribution in [3.63, 3.8) is 0 Å². The molecule has 0 aliphatic carbocycles. The molecule has 0 aromatic carbocycles. The Morgan fingerprint density at radius 1 is 1.09 bits per heavy atom. The number of hydrogen-bond acceptors (Lipinski definition) is 5. The fraction of sp³-hybridized carbons (Fsp3) is 0.125. The van der Waals surface area contributed by atoms with E-state index < -0.39 is 5.97 Å². The summed E-state index contributed by atoms with van der Waals surface area (Å²) in [5.41, 5.74) is 4.41. The van der Waals surface area contributed by atoms with E-state index in [1.807, 2.05) is 41.1 Å². The Hall–Kier alpha value is -2.38. The Labute approximate surface area is 140 Å². The number of carboxylic acid groups (broad SMARTS) is 1. The van der Waals surface area contributed by atoms with Crippen LogP contribution in [0.25, 0.3) is 10.6 Å². The van der Waals surface area contributed by atoms with Gasteiger partial charge in [-0.15, -0.1) is 22.7 Å². The van der Waals surface area contributed by atoms with Gasteiger partial charge in [0.25, 0.3) is 5.91 Å². The van der Waals surface area contributed by atoms with E-state index in [9.17, 15) is 14.7 Å². The number of carbonyl (C=O) groups excluding carboxylic acids is 2. The molecular formula is C16H13N2O3S2-. The van der Waals surface area contributed by atoms with Crippen molar-refractivity contribution in [1.29, 1.82) is 0 Å². The van der Waals surface area contributed by atoms with Crippen molar-refractivity contribution in [2.45, 2.75) is 12.8 Å². The van der Waals surface area contributed by atoms with E-state index in [-0.39, 0.29) is 12.3 Å². The van der Waals surface area contributed by atoms with Gasteiger partial charge in [0.1, 0.15) is 0 Å². The van der Waals surface area contributed by atoms with Gasteiger partial charge in [-0.1, -0.05) is 12.1 Å². The van der Waals surface area contributed by atoms with Crippen molar-refractivity contribution in [3.8, 4) is 10.6 Å². The molecule has 0 atom stereocenters. The molecule has 0 radical (unpaired) electrons. The van der Waals surface area contributed by atoms with Crippen LogP contribution in [0.15, 0.2) is 47.2 Å². The summed E-state index contributed by atoms with van der Waals surface area (Å²) in [5, 5.41) is 14.5. The van der Waals surface area contributed by atoms with E-state index in [1.54, 1.807) is 22.1 Å². The van der Waals surface area contributed by atoms with Crippen molar-refractivity contribution >= 4 is 34.6 Å². The summed E-state index contributed by atoms with van der Waals surface area (Å²) >= 11 is 2.91. The van der Waals surface area contributed by atoms with Crippen LogP contribution in [-0.4, -0.2) is 16.6 Å². The molecule has 0 aliphatic rings. The number of aliphatic carboxylic acids is 1. The molecule has 1 N–H and O–H groups in total. The smallest absolute Gasteiger partial charge is 0.280 e. The van der Waals surface area contributed by atoms with Crippen LogP contribution in [0.5, 0.6) is 0 Å². The lowest BCUT2D eigenvalue weighted by atomic mass is 10.2. The number of aryl methyl sites for hydroxylation is 1. The predicted octanol–water partition coefficient (Wildman–Crippen LogP) is 2.34. The van der Waals surface area contributed by atoms with Crippen LogP contribution in [0.4, 0.5) is 0 Å². The van der Waals surface area contributed by atoms with E-state index in [0.717, 1.165) is 16.3 Å². The van der Waals surface area contributed by atoms with Crippen LogP contribution in [0, 0.1) is 0 Å². The molecule has 0 spiro atoms. The molecule has 5 nitrogen and oxygen atoms in total. The number of hydrogen-bond donors (Lipinski definition) is 1. The summed E-state index contributed by atoms with van der Waals surface area (Å²) < 4.78 is 1.66. The van der Waals surface area contributed by atoms with E-state index in [1.165, 1.54) is 11.3 Å². The molecule has 0 saturated heterocycles. The number of nitrogens with zero attached hydrogens (tertiary/aromatic N) is 1. The predicted molar refractivity (Wildman–Crippen MR) is 89.1 cm³/mol. The van der Waals surface area contributed by atoms with E-state index in [4.69, 9.17) is 0 Å². The maximum atomic E-state index is 12.3. The first-order chi connectivity index (χ1) is 11.1. The van der Waals surface area contributed by atoms with Gasteiger partial charge in [0.05, 0.1) is 15.4 Å². The van der Waals surface area contributed by atoms with Crippen molar-refractivity contribution in [1.82, 2.24) is 4.68 Å². The Bertz CT molecular complexity index is 805. The van der Waals surface area contributed by atoms with Gasteiger partial charge < -0.3 is 9.90 Å². The summed E-state index contributed by atoms with van der Waals surface area (Å²) in [6, 6.07) is 11.1. The monoisotopic (exact) mass is 345 g/mol. The van der Waals surface area contributed by atoms with E-state index >= 15 is 0 Å². The standard InChI is InChI=1S/C16H14N2O3S2/c19-15(20)8-6-11-5-7-12(13-3-1-9-22-13)18(11)17-16(21)14-4-2-10-23-14/h1-5,7,9-10H,6,8H2,(H,17,21)(H,19,20)/p-1. The van der Waals surface area contributed by atoms with Crippen LogP contribution < -0.4 is 10.5 Å². The molecule has 118 valence electrons. The first kappa shape index (κ1) is 15.5. The maximum absolute atomic E-state index is 12.3. The summed E-state index contributed by atoms with van der Waals surface area (Å²) in [4.78, 5) is 24.7. The minimum atomic E-state index is -1.11. The molecule has 0 aliphatic heterocycles. The van der Waals surface area contributed by atoms with Gasteiger partial charge in [-0.05, 0) is 47.9 Å². The number of carboxylic acids is 1. The zero-order valence-electron chi connectivity index (χ0n) is 12.0. The molecule has 0 unspecified atom stereocenters. The van der Waals surface area contributed by atoms with Crippen LogP contribution in [-0.2, 0) is 11.2 Å². The highest BCUT2D eigenvalue weighted by Gasteiger charge is 2.15. The molecule has 0 saturated carbocycles. The fourth-order valence-electron chi connectivity index (χ4n) is 2.22. The van der Waals surface area contributed by atoms with Crippen LogP contribution in [0.3, 0.4) is 0 Å². The lowest BCUT2D eigenvalue weighted by Crippen LogP contribution is -2.26. The SMILES string of the molecule is O=C([O-])CCc1ccc(-c2cccs2)n1NC(=O)c1cccs1. The first-order valence-corrected chi connectivity index (χ1v) is 8.70. The number of aromatic nitrogens is 1. The van der Waals surface area contributed by atoms with Crippen molar-refractivity contribution in [2.75, 3.05) is 5.43 Å². The van der Waals surface area contributed by atoms with E-state index in [2.05, 4.69) is 5.43 Å². The second-order valence-corrected chi connectivity index (χ2v) is 6.71. The van der Waals surface area contributed by atoms with Gasteiger partial charge in [0.15, 0.2) is 0 Å². The van der Waals surface area contributed by atoms with Gasteiger partial charge in [-0.25, -0.2) is 0 Å². The largest absolute Gasteiger partial charge is 0.550 e. The van der Waals surface area contributed by atoms with Gasteiger partial charge >= 0.3 is 0 Å². The van der Waals surface area contributed by atoms with Gasteiger partial charge in [0.2, 0.25) is 0 Å².